The van der Waals surface area contributed by atoms with Crippen LogP contribution in [0.2, 0.25) is 0 Å². The molecule has 0 bridgehead atoms. The molecule has 22 heavy (non-hydrogen) atoms. The van der Waals surface area contributed by atoms with Crippen LogP contribution in [-0.2, 0) is 4.79 Å². The van der Waals surface area contributed by atoms with Crippen molar-refractivity contribution in [3.05, 3.63) is 36.2 Å². The van der Waals surface area contributed by atoms with Gasteiger partial charge in [0.15, 0.2) is 0 Å². The van der Waals surface area contributed by atoms with Crippen molar-refractivity contribution in [3.8, 4) is 5.69 Å². The monoisotopic (exact) mass is 303 g/mol. The van der Waals surface area contributed by atoms with Gasteiger partial charge in [-0.05, 0) is 41.0 Å². The fraction of sp³-hybridized carbons (Fsp3) is 0.357. The van der Waals surface area contributed by atoms with Crippen LogP contribution in [0.4, 0.5) is 0 Å². The predicted octanol–water partition coefficient (Wildman–Crippen LogP) is 0.891. The van der Waals surface area contributed by atoms with Crippen molar-refractivity contribution in [1.82, 2.24) is 25.5 Å². The summed E-state index contributed by atoms with van der Waals surface area (Å²) in [4.78, 5) is 23.4. The standard InChI is InChI=1S/C14H17N5O3/c1-9(2)6-12(14(21)22)16-13(20)10-4-3-5-11(7-10)19-8-15-17-18-19/h3-5,7-9,12H,6H2,1-2H3,(H,16,20)(H,21,22)/t12-/m1/s1. The Balaban J connectivity index is 2.15. The number of hydrogen-bond acceptors (Lipinski definition) is 5. The second kappa shape index (κ2) is 6.79. The van der Waals surface area contributed by atoms with Crippen LogP contribution in [0.15, 0.2) is 30.6 Å². The maximum atomic E-state index is 12.2. The van der Waals surface area contributed by atoms with Crippen molar-refractivity contribution in [2.75, 3.05) is 0 Å². The summed E-state index contributed by atoms with van der Waals surface area (Å²) in [6, 6.07) is 5.72. The van der Waals surface area contributed by atoms with E-state index in [4.69, 9.17) is 0 Å². The van der Waals surface area contributed by atoms with Gasteiger partial charge in [-0.3, -0.25) is 4.79 Å². The van der Waals surface area contributed by atoms with Gasteiger partial charge in [0, 0.05) is 5.56 Å². The first-order valence-corrected chi connectivity index (χ1v) is 6.84. The number of benzene rings is 1. The number of amides is 1. The molecule has 1 atom stereocenters. The van der Waals surface area contributed by atoms with E-state index in [-0.39, 0.29) is 5.92 Å². The molecule has 8 nitrogen and oxygen atoms in total. The normalized spacial score (nSPS) is 12.1. The quantitative estimate of drug-likeness (QED) is 0.820. The molecule has 0 radical (unpaired) electrons. The van der Waals surface area contributed by atoms with Crippen LogP contribution >= 0.6 is 0 Å². The summed E-state index contributed by atoms with van der Waals surface area (Å²) >= 11 is 0. The largest absolute Gasteiger partial charge is 0.480 e. The summed E-state index contributed by atoms with van der Waals surface area (Å²) in [6.45, 7) is 3.81. The molecule has 2 aromatic rings. The molecular weight excluding hydrogens is 286 g/mol. The molecule has 2 N–H and O–H groups in total. The Morgan fingerprint density at radius 2 is 2.14 bits per heavy atom. The van der Waals surface area contributed by atoms with E-state index in [9.17, 15) is 14.7 Å². The number of hydrogen-bond donors (Lipinski definition) is 2. The summed E-state index contributed by atoms with van der Waals surface area (Å²) in [5.41, 5.74) is 0.969. The zero-order valence-electron chi connectivity index (χ0n) is 12.3. The summed E-state index contributed by atoms with van der Waals surface area (Å²) in [5, 5.41) is 22.5. The lowest BCUT2D eigenvalue weighted by molar-refractivity contribution is -0.139. The number of carboxylic acid groups (broad SMARTS) is 1. The second-order valence-electron chi connectivity index (χ2n) is 5.30. The van der Waals surface area contributed by atoms with Crippen LogP contribution in [0.5, 0.6) is 0 Å². The summed E-state index contributed by atoms with van der Waals surface area (Å²) in [6.07, 6.45) is 1.78. The second-order valence-corrected chi connectivity index (χ2v) is 5.30. The molecule has 1 heterocycles. The molecule has 0 saturated carbocycles. The van der Waals surface area contributed by atoms with Crippen LogP contribution in [0.25, 0.3) is 5.69 Å². The molecule has 0 fully saturated rings. The number of tetrazole rings is 1. The van der Waals surface area contributed by atoms with Crippen LogP contribution in [0.1, 0.15) is 30.6 Å². The fourth-order valence-corrected chi connectivity index (χ4v) is 2.00. The highest BCUT2D eigenvalue weighted by molar-refractivity contribution is 5.97. The summed E-state index contributed by atoms with van der Waals surface area (Å²) < 4.78 is 1.42. The van der Waals surface area contributed by atoms with Crippen molar-refractivity contribution < 1.29 is 14.7 Å². The Hall–Kier alpha value is -2.77. The lowest BCUT2D eigenvalue weighted by atomic mass is 10.0. The number of rotatable bonds is 6. The SMILES string of the molecule is CC(C)C[C@@H](NC(=O)c1cccc(-n2cnnn2)c1)C(=O)O. The fourth-order valence-electron chi connectivity index (χ4n) is 2.00. The van der Waals surface area contributed by atoms with Gasteiger partial charge in [0.05, 0.1) is 5.69 Å². The third-order valence-electron chi connectivity index (χ3n) is 3.03. The smallest absolute Gasteiger partial charge is 0.326 e. The van der Waals surface area contributed by atoms with E-state index in [0.29, 0.717) is 17.7 Å². The minimum Gasteiger partial charge on any atom is -0.480 e. The van der Waals surface area contributed by atoms with Gasteiger partial charge >= 0.3 is 5.97 Å². The summed E-state index contributed by atoms with van der Waals surface area (Å²) in [5.74, 6) is -1.32. The molecule has 2 rings (SSSR count). The average molecular weight is 303 g/mol. The topological polar surface area (TPSA) is 110 Å². The molecule has 116 valence electrons. The molecule has 0 unspecified atom stereocenters. The number of aromatic nitrogens is 4. The van der Waals surface area contributed by atoms with E-state index in [1.54, 1.807) is 24.3 Å². The maximum Gasteiger partial charge on any atom is 0.326 e. The van der Waals surface area contributed by atoms with E-state index >= 15 is 0 Å². The molecule has 0 aliphatic carbocycles. The number of carbonyl (C=O) groups is 2. The van der Waals surface area contributed by atoms with Gasteiger partial charge in [-0.25, -0.2) is 9.48 Å². The first-order chi connectivity index (χ1) is 10.5. The molecular formula is C14H17N5O3. The van der Waals surface area contributed by atoms with E-state index in [1.807, 2.05) is 13.8 Å². The Kier molecular flexibility index (Phi) is 4.82. The van der Waals surface area contributed by atoms with E-state index in [2.05, 4.69) is 20.8 Å². The number of carbonyl (C=O) groups excluding carboxylic acids is 1. The number of carboxylic acids is 1. The third-order valence-corrected chi connectivity index (χ3v) is 3.03. The van der Waals surface area contributed by atoms with E-state index in [1.165, 1.54) is 11.0 Å². The molecule has 1 aromatic carbocycles. The van der Waals surface area contributed by atoms with Gasteiger partial charge in [-0.1, -0.05) is 19.9 Å². The zero-order chi connectivity index (χ0) is 16.1. The first-order valence-electron chi connectivity index (χ1n) is 6.84. The summed E-state index contributed by atoms with van der Waals surface area (Å²) in [7, 11) is 0. The van der Waals surface area contributed by atoms with E-state index < -0.39 is 17.9 Å². The average Bonchev–Trinajstić information content (AvgIpc) is 3.00. The molecule has 8 heteroatoms. The van der Waals surface area contributed by atoms with Crippen molar-refractivity contribution in [1.29, 1.82) is 0 Å². The van der Waals surface area contributed by atoms with Crippen LogP contribution in [-0.4, -0.2) is 43.2 Å². The third kappa shape index (κ3) is 3.87. The van der Waals surface area contributed by atoms with Crippen molar-refractivity contribution in [3.63, 3.8) is 0 Å². The van der Waals surface area contributed by atoms with Gasteiger partial charge in [-0.2, -0.15) is 0 Å². The predicted molar refractivity (Wildman–Crippen MR) is 77.5 cm³/mol. The van der Waals surface area contributed by atoms with Crippen molar-refractivity contribution in [2.24, 2.45) is 5.92 Å². The lowest BCUT2D eigenvalue weighted by Gasteiger charge is -2.16. The van der Waals surface area contributed by atoms with Crippen molar-refractivity contribution >= 4 is 11.9 Å². The molecule has 1 amide bonds. The van der Waals surface area contributed by atoms with Gasteiger partial charge in [-0.15, -0.1) is 5.10 Å². The number of aliphatic carboxylic acids is 1. The minimum atomic E-state index is -1.04. The Morgan fingerprint density at radius 3 is 2.73 bits per heavy atom. The first kappa shape index (κ1) is 15.6. The Labute approximate surface area is 127 Å². The van der Waals surface area contributed by atoms with Crippen LogP contribution in [0.3, 0.4) is 0 Å². The highest BCUT2D eigenvalue weighted by Gasteiger charge is 2.21. The van der Waals surface area contributed by atoms with Gasteiger partial charge < -0.3 is 10.4 Å². The Morgan fingerprint density at radius 1 is 1.36 bits per heavy atom. The van der Waals surface area contributed by atoms with Gasteiger partial charge in [0.2, 0.25) is 0 Å². The van der Waals surface area contributed by atoms with Gasteiger partial charge in [0.25, 0.3) is 5.91 Å². The van der Waals surface area contributed by atoms with Crippen molar-refractivity contribution in [2.45, 2.75) is 26.3 Å². The van der Waals surface area contributed by atoms with E-state index in [0.717, 1.165) is 0 Å². The molecule has 0 saturated heterocycles. The minimum absolute atomic E-state index is 0.161. The molecule has 0 aliphatic rings. The maximum absolute atomic E-state index is 12.2. The molecule has 1 aromatic heterocycles. The zero-order valence-corrected chi connectivity index (χ0v) is 12.3. The molecule has 0 aliphatic heterocycles. The highest BCUT2D eigenvalue weighted by Crippen LogP contribution is 2.10. The number of nitrogens with zero attached hydrogens (tertiary/aromatic N) is 4. The van der Waals surface area contributed by atoms with Crippen LogP contribution < -0.4 is 5.32 Å². The lowest BCUT2D eigenvalue weighted by Crippen LogP contribution is -2.41. The van der Waals surface area contributed by atoms with Crippen LogP contribution in [0, 0.1) is 5.92 Å². The Bertz CT molecular complexity index is 654. The number of nitrogens with one attached hydrogen (secondary N) is 1. The molecule has 0 spiro atoms. The van der Waals surface area contributed by atoms with Gasteiger partial charge in [0.1, 0.15) is 12.4 Å². The highest BCUT2D eigenvalue weighted by atomic mass is 16.4.